The molecule has 0 atom stereocenters. The molecule has 2 rings (SSSR count). The Hall–Kier alpha value is -2.51. The lowest BCUT2D eigenvalue weighted by Crippen LogP contribution is -2.29. The molecule has 8 heteroatoms. The molecule has 0 amide bonds. The third-order valence-electron chi connectivity index (χ3n) is 1.99. The largest absolute Gasteiger partial charge is 0.389 e. The molecule has 0 aliphatic heterocycles. The normalized spacial score (nSPS) is 10.6. The lowest BCUT2D eigenvalue weighted by molar-refractivity contribution is -0.387. The van der Waals surface area contributed by atoms with Crippen LogP contribution in [-0.4, -0.2) is 19.9 Å². The molecular weight excluding hydrogens is 216 g/mol. The lowest BCUT2D eigenvalue weighted by Gasteiger charge is -1.98. The van der Waals surface area contributed by atoms with E-state index < -0.39 is 21.9 Å². The molecule has 2 aromatic rings. The number of fused-ring (bicyclic) bond motifs is 1. The third-order valence-corrected chi connectivity index (χ3v) is 1.99. The fourth-order valence-electron chi connectivity index (χ4n) is 1.36. The number of aryl methyl sites for hydroxylation is 1. The number of H-pyrrole nitrogens is 2. The highest BCUT2D eigenvalue weighted by Gasteiger charge is 2.17. The summed E-state index contributed by atoms with van der Waals surface area (Å²) >= 11 is 0. The highest BCUT2D eigenvalue weighted by molar-refractivity contribution is 5.81. The number of rotatable bonds is 1. The van der Waals surface area contributed by atoms with Crippen molar-refractivity contribution in [2.24, 2.45) is 0 Å². The van der Waals surface area contributed by atoms with Crippen LogP contribution < -0.4 is 11.1 Å². The Balaban J connectivity index is 3.02. The SMILES string of the molecule is Cc1cc2[nH]c(=O)c(=O)[nH]c2c([N+](=O)[O-])n1. The first-order valence-corrected chi connectivity index (χ1v) is 4.27. The number of nitrogens with zero attached hydrogens (tertiary/aromatic N) is 2. The maximum Gasteiger partial charge on any atom is 0.389 e. The summed E-state index contributed by atoms with van der Waals surface area (Å²) in [4.78, 5) is 40.1. The second-order valence-corrected chi connectivity index (χ2v) is 3.18. The van der Waals surface area contributed by atoms with Crippen LogP contribution >= 0.6 is 0 Å². The first-order valence-electron chi connectivity index (χ1n) is 4.27. The average molecular weight is 222 g/mol. The van der Waals surface area contributed by atoms with Crippen LogP contribution in [0.5, 0.6) is 0 Å². The minimum Gasteiger partial charge on any atom is -0.358 e. The number of aromatic nitrogens is 3. The highest BCUT2D eigenvalue weighted by Crippen LogP contribution is 2.18. The Morgan fingerprint density at radius 3 is 2.56 bits per heavy atom. The second-order valence-electron chi connectivity index (χ2n) is 3.18. The molecule has 0 saturated heterocycles. The standard InChI is InChI=1S/C8H6N4O4/c1-3-2-4-5(6(9-3)12(15)16)11-8(14)7(13)10-4/h2H,1H3,(H,10,13)(H,11,14). The summed E-state index contributed by atoms with van der Waals surface area (Å²) < 4.78 is 0. The molecule has 0 spiro atoms. The molecule has 0 aliphatic carbocycles. The van der Waals surface area contributed by atoms with Crippen LogP contribution in [0.2, 0.25) is 0 Å². The number of nitrogens with one attached hydrogen (secondary N) is 2. The first-order chi connectivity index (χ1) is 7.49. The Bertz CT molecular complexity index is 699. The van der Waals surface area contributed by atoms with Gasteiger partial charge in [0.2, 0.25) is 0 Å². The molecule has 0 unspecified atom stereocenters. The predicted molar refractivity (Wildman–Crippen MR) is 54.4 cm³/mol. The van der Waals surface area contributed by atoms with E-state index in [9.17, 15) is 19.7 Å². The number of hydrogen-bond acceptors (Lipinski definition) is 5. The molecule has 82 valence electrons. The summed E-state index contributed by atoms with van der Waals surface area (Å²) in [6, 6.07) is 1.44. The molecule has 0 radical (unpaired) electrons. The van der Waals surface area contributed by atoms with E-state index in [-0.39, 0.29) is 11.0 Å². The lowest BCUT2D eigenvalue weighted by atomic mass is 10.3. The van der Waals surface area contributed by atoms with Crippen molar-refractivity contribution < 1.29 is 4.92 Å². The third kappa shape index (κ3) is 1.45. The topological polar surface area (TPSA) is 122 Å². The van der Waals surface area contributed by atoms with Gasteiger partial charge < -0.3 is 20.1 Å². The van der Waals surface area contributed by atoms with Crippen LogP contribution in [0, 0.1) is 17.0 Å². The minimum atomic E-state index is -0.943. The van der Waals surface area contributed by atoms with Crippen molar-refractivity contribution in [3.05, 3.63) is 42.6 Å². The van der Waals surface area contributed by atoms with Gasteiger partial charge in [-0.25, -0.2) is 0 Å². The van der Waals surface area contributed by atoms with Gasteiger partial charge in [0.15, 0.2) is 11.2 Å². The Morgan fingerprint density at radius 1 is 1.31 bits per heavy atom. The summed E-state index contributed by atoms with van der Waals surface area (Å²) in [5.74, 6) is -0.483. The maximum absolute atomic E-state index is 11.0. The van der Waals surface area contributed by atoms with Crippen molar-refractivity contribution in [3.63, 3.8) is 0 Å². The van der Waals surface area contributed by atoms with Gasteiger partial charge >= 0.3 is 16.9 Å². The molecular formula is C8H6N4O4. The molecule has 0 bridgehead atoms. The van der Waals surface area contributed by atoms with Crippen molar-refractivity contribution in [1.29, 1.82) is 0 Å². The quantitative estimate of drug-likeness (QED) is 0.394. The van der Waals surface area contributed by atoms with E-state index in [4.69, 9.17) is 0 Å². The van der Waals surface area contributed by atoms with Crippen LogP contribution in [0.3, 0.4) is 0 Å². The van der Waals surface area contributed by atoms with Crippen LogP contribution in [0.15, 0.2) is 15.7 Å². The predicted octanol–water partition coefficient (Wildman–Crippen LogP) is -0.172. The summed E-state index contributed by atoms with van der Waals surface area (Å²) in [6.45, 7) is 1.55. The summed E-state index contributed by atoms with van der Waals surface area (Å²) in [7, 11) is 0. The van der Waals surface area contributed by atoms with Crippen molar-refractivity contribution in [3.8, 4) is 0 Å². The fourth-order valence-corrected chi connectivity index (χ4v) is 1.36. The van der Waals surface area contributed by atoms with Crippen LogP contribution in [0.1, 0.15) is 5.69 Å². The molecule has 0 saturated carbocycles. The molecule has 0 fully saturated rings. The van der Waals surface area contributed by atoms with Gasteiger partial charge in [0.25, 0.3) is 0 Å². The fraction of sp³-hybridized carbons (Fsp3) is 0.125. The van der Waals surface area contributed by atoms with Gasteiger partial charge in [0, 0.05) is 13.0 Å². The highest BCUT2D eigenvalue weighted by atomic mass is 16.6. The average Bonchev–Trinajstić information content (AvgIpc) is 2.19. The number of nitro groups is 1. The minimum absolute atomic E-state index is 0.0831. The van der Waals surface area contributed by atoms with Gasteiger partial charge in [-0.05, 0) is 9.91 Å². The monoisotopic (exact) mass is 222 g/mol. The summed E-state index contributed by atoms with van der Waals surface area (Å²) in [5.41, 5.74) is -1.32. The van der Waals surface area contributed by atoms with Crippen molar-refractivity contribution in [1.82, 2.24) is 15.0 Å². The van der Waals surface area contributed by atoms with Gasteiger partial charge in [0.1, 0.15) is 0 Å². The van der Waals surface area contributed by atoms with Gasteiger partial charge in [-0.3, -0.25) is 9.59 Å². The van der Waals surface area contributed by atoms with Crippen LogP contribution in [0.4, 0.5) is 5.82 Å². The van der Waals surface area contributed by atoms with E-state index >= 15 is 0 Å². The zero-order valence-electron chi connectivity index (χ0n) is 8.10. The Morgan fingerprint density at radius 2 is 1.94 bits per heavy atom. The van der Waals surface area contributed by atoms with Crippen molar-refractivity contribution in [2.75, 3.05) is 0 Å². The van der Waals surface area contributed by atoms with Crippen LogP contribution in [-0.2, 0) is 0 Å². The molecule has 2 heterocycles. The Kier molecular flexibility index (Phi) is 2.04. The second kappa shape index (κ2) is 3.26. The summed E-state index contributed by atoms with van der Waals surface area (Å²) in [6.07, 6.45) is 0. The van der Waals surface area contributed by atoms with Gasteiger partial charge in [-0.2, -0.15) is 0 Å². The zero-order chi connectivity index (χ0) is 11.9. The molecule has 16 heavy (non-hydrogen) atoms. The van der Waals surface area contributed by atoms with Gasteiger partial charge in [-0.15, -0.1) is 0 Å². The van der Waals surface area contributed by atoms with Crippen LogP contribution in [0.25, 0.3) is 11.0 Å². The van der Waals surface area contributed by atoms with E-state index in [0.717, 1.165) is 0 Å². The maximum atomic E-state index is 11.0. The molecule has 2 N–H and O–H groups in total. The Labute approximate surface area is 87.1 Å². The van der Waals surface area contributed by atoms with Crippen molar-refractivity contribution >= 4 is 16.9 Å². The number of aromatic amines is 2. The van der Waals surface area contributed by atoms with E-state index in [0.29, 0.717) is 5.69 Å². The number of pyridine rings is 1. The molecule has 0 aliphatic rings. The van der Waals surface area contributed by atoms with E-state index in [1.165, 1.54) is 6.07 Å². The molecule has 0 aromatic carbocycles. The van der Waals surface area contributed by atoms with Gasteiger partial charge in [-0.1, -0.05) is 0 Å². The molecule has 2 aromatic heterocycles. The first kappa shape index (κ1) is 10.0. The van der Waals surface area contributed by atoms with E-state index in [1.807, 2.05) is 0 Å². The van der Waals surface area contributed by atoms with E-state index in [2.05, 4.69) is 15.0 Å². The van der Waals surface area contributed by atoms with Crippen molar-refractivity contribution in [2.45, 2.75) is 6.92 Å². The zero-order valence-corrected chi connectivity index (χ0v) is 8.10. The number of hydrogen-bond donors (Lipinski definition) is 2. The smallest absolute Gasteiger partial charge is 0.358 e. The van der Waals surface area contributed by atoms with Gasteiger partial charge in [0.05, 0.1) is 5.52 Å². The molecule has 8 nitrogen and oxygen atoms in total. The summed E-state index contributed by atoms with van der Waals surface area (Å²) in [5, 5.41) is 10.7. The van der Waals surface area contributed by atoms with E-state index in [1.54, 1.807) is 6.92 Å².